The molecule has 3 rings (SSSR count). The molecule has 25 heavy (non-hydrogen) atoms. The van der Waals surface area contributed by atoms with E-state index in [1.54, 1.807) is 19.1 Å². The molecule has 1 aromatic carbocycles. The van der Waals surface area contributed by atoms with Crippen molar-refractivity contribution in [1.82, 2.24) is 9.55 Å². The van der Waals surface area contributed by atoms with Crippen LogP contribution in [0.5, 0.6) is 0 Å². The minimum absolute atomic E-state index is 0.125. The normalized spacial score (nSPS) is 19.8. The van der Waals surface area contributed by atoms with Crippen molar-refractivity contribution >= 4 is 5.97 Å². The number of esters is 1. The third-order valence-corrected chi connectivity index (χ3v) is 4.23. The van der Waals surface area contributed by atoms with Gasteiger partial charge in [0.1, 0.15) is 12.8 Å². The smallest absolute Gasteiger partial charge is 0.338 e. The number of benzene rings is 1. The number of rotatable bonds is 4. The molecule has 2 heterocycles. The van der Waals surface area contributed by atoms with E-state index in [-0.39, 0.29) is 12.7 Å². The molecule has 1 aliphatic rings. The first-order chi connectivity index (χ1) is 11.9. The maximum atomic E-state index is 12.0. The molecule has 1 fully saturated rings. The molecule has 0 aliphatic carbocycles. The van der Waals surface area contributed by atoms with Gasteiger partial charge in [0, 0.05) is 11.8 Å². The molecule has 0 saturated carbocycles. The van der Waals surface area contributed by atoms with Gasteiger partial charge in [-0.2, -0.15) is 0 Å². The maximum Gasteiger partial charge on any atom is 0.338 e. The number of aromatic nitrogens is 2. The topological polar surface area (TPSA) is 90.4 Å². The summed E-state index contributed by atoms with van der Waals surface area (Å²) in [5.41, 5.74) is 1.10. The standard InChI is InChI=1S/C18H20N2O5/c1-11-3-5-13(6-4-11)17(22)24-10-14-7-8-15(25-14)20-9-12(2)16(21)19-18(20)23/h3-6,9,14-15H,7-8,10H2,1-2H3,(H,19,21,23). The maximum absolute atomic E-state index is 12.0. The average molecular weight is 344 g/mol. The number of nitrogens with one attached hydrogen (secondary N) is 1. The van der Waals surface area contributed by atoms with Crippen LogP contribution in [0.1, 0.15) is 40.6 Å². The van der Waals surface area contributed by atoms with E-state index in [0.29, 0.717) is 24.0 Å². The van der Waals surface area contributed by atoms with Crippen LogP contribution in [0.25, 0.3) is 0 Å². The molecule has 2 atom stereocenters. The first-order valence-electron chi connectivity index (χ1n) is 8.15. The molecular formula is C18H20N2O5. The van der Waals surface area contributed by atoms with Crippen LogP contribution in [0.2, 0.25) is 0 Å². The quantitative estimate of drug-likeness (QED) is 0.853. The number of carbonyl (C=O) groups is 1. The summed E-state index contributed by atoms with van der Waals surface area (Å²) in [5, 5.41) is 0. The van der Waals surface area contributed by atoms with Gasteiger partial charge >= 0.3 is 11.7 Å². The average Bonchev–Trinajstić information content (AvgIpc) is 3.05. The Bertz CT molecular complexity index is 882. The zero-order valence-electron chi connectivity index (χ0n) is 14.2. The van der Waals surface area contributed by atoms with Gasteiger partial charge in [-0.15, -0.1) is 0 Å². The number of aryl methyl sites for hydroxylation is 2. The van der Waals surface area contributed by atoms with Crippen LogP contribution in [-0.2, 0) is 9.47 Å². The molecule has 0 radical (unpaired) electrons. The lowest BCUT2D eigenvalue weighted by Crippen LogP contribution is -2.33. The Morgan fingerprint density at radius 1 is 1.24 bits per heavy atom. The Morgan fingerprint density at radius 3 is 2.68 bits per heavy atom. The van der Waals surface area contributed by atoms with Gasteiger partial charge in [0.2, 0.25) is 0 Å². The van der Waals surface area contributed by atoms with Gasteiger partial charge in [-0.25, -0.2) is 9.59 Å². The van der Waals surface area contributed by atoms with Crippen molar-refractivity contribution in [3.63, 3.8) is 0 Å². The van der Waals surface area contributed by atoms with Crippen LogP contribution < -0.4 is 11.2 Å². The summed E-state index contributed by atoms with van der Waals surface area (Å²) in [6, 6.07) is 7.14. The third kappa shape index (κ3) is 3.88. The number of ether oxygens (including phenoxy) is 2. The number of hydrogen-bond donors (Lipinski definition) is 1. The van der Waals surface area contributed by atoms with Crippen molar-refractivity contribution in [3.8, 4) is 0 Å². The van der Waals surface area contributed by atoms with Crippen molar-refractivity contribution < 1.29 is 14.3 Å². The Morgan fingerprint density at radius 2 is 1.96 bits per heavy atom. The lowest BCUT2D eigenvalue weighted by atomic mass is 10.1. The molecule has 1 aromatic heterocycles. The Kier molecular flexibility index (Phi) is 4.85. The van der Waals surface area contributed by atoms with E-state index in [1.807, 2.05) is 19.1 Å². The number of H-pyrrole nitrogens is 1. The van der Waals surface area contributed by atoms with Gasteiger partial charge in [0.25, 0.3) is 5.56 Å². The predicted molar refractivity (Wildman–Crippen MR) is 90.7 cm³/mol. The zero-order chi connectivity index (χ0) is 18.0. The number of nitrogens with zero attached hydrogens (tertiary/aromatic N) is 1. The first-order valence-corrected chi connectivity index (χ1v) is 8.15. The summed E-state index contributed by atoms with van der Waals surface area (Å²) in [6.07, 6.45) is 2.02. The van der Waals surface area contributed by atoms with Crippen LogP contribution in [0.3, 0.4) is 0 Å². The lowest BCUT2D eigenvalue weighted by molar-refractivity contribution is -0.0340. The summed E-state index contributed by atoms with van der Waals surface area (Å²) in [5.74, 6) is -0.399. The SMILES string of the molecule is Cc1ccc(C(=O)OCC2CCC(n3cc(C)c(=O)[nH]c3=O)O2)cc1. The monoisotopic (exact) mass is 344 g/mol. The molecule has 0 bridgehead atoms. The van der Waals surface area contributed by atoms with E-state index >= 15 is 0 Å². The van der Waals surface area contributed by atoms with Crippen LogP contribution in [-0.4, -0.2) is 28.2 Å². The van der Waals surface area contributed by atoms with Gasteiger partial charge in [0.05, 0.1) is 11.7 Å². The van der Waals surface area contributed by atoms with Crippen molar-refractivity contribution in [3.05, 3.63) is 68.0 Å². The highest BCUT2D eigenvalue weighted by molar-refractivity contribution is 5.89. The molecule has 1 saturated heterocycles. The number of hydrogen-bond acceptors (Lipinski definition) is 5. The lowest BCUT2D eigenvalue weighted by Gasteiger charge is -2.16. The van der Waals surface area contributed by atoms with Crippen LogP contribution in [0, 0.1) is 13.8 Å². The molecule has 132 valence electrons. The molecule has 7 nitrogen and oxygen atoms in total. The minimum atomic E-state index is -0.502. The zero-order valence-corrected chi connectivity index (χ0v) is 14.2. The molecule has 2 aromatic rings. The van der Waals surface area contributed by atoms with E-state index < -0.39 is 23.4 Å². The van der Waals surface area contributed by atoms with Crippen LogP contribution >= 0.6 is 0 Å². The minimum Gasteiger partial charge on any atom is -0.459 e. The van der Waals surface area contributed by atoms with Gasteiger partial charge in [-0.1, -0.05) is 17.7 Å². The fourth-order valence-electron chi connectivity index (χ4n) is 2.76. The largest absolute Gasteiger partial charge is 0.459 e. The Balaban J connectivity index is 1.59. The van der Waals surface area contributed by atoms with Gasteiger partial charge in [-0.05, 0) is 38.8 Å². The fourth-order valence-corrected chi connectivity index (χ4v) is 2.76. The van der Waals surface area contributed by atoms with E-state index in [1.165, 1.54) is 10.8 Å². The van der Waals surface area contributed by atoms with E-state index in [0.717, 1.165) is 5.56 Å². The van der Waals surface area contributed by atoms with Gasteiger partial charge in [0.15, 0.2) is 0 Å². The van der Waals surface area contributed by atoms with Gasteiger partial charge in [-0.3, -0.25) is 14.3 Å². The third-order valence-electron chi connectivity index (χ3n) is 4.23. The van der Waals surface area contributed by atoms with E-state index in [2.05, 4.69) is 4.98 Å². The molecule has 1 aliphatic heterocycles. The highest BCUT2D eigenvalue weighted by Crippen LogP contribution is 2.27. The second kappa shape index (κ2) is 7.06. The highest BCUT2D eigenvalue weighted by atomic mass is 16.6. The Hall–Kier alpha value is -2.67. The van der Waals surface area contributed by atoms with E-state index in [9.17, 15) is 14.4 Å². The molecular weight excluding hydrogens is 324 g/mol. The summed E-state index contributed by atoms with van der Waals surface area (Å²) < 4.78 is 12.5. The second-order valence-electron chi connectivity index (χ2n) is 6.23. The Labute approximate surface area is 144 Å². The van der Waals surface area contributed by atoms with Crippen molar-refractivity contribution in [2.45, 2.75) is 39.0 Å². The fraction of sp³-hybridized carbons (Fsp3) is 0.389. The van der Waals surface area contributed by atoms with Crippen molar-refractivity contribution in [2.24, 2.45) is 0 Å². The van der Waals surface area contributed by atoms with E-state index in [4.69, 9.17) is 9.47 Å². The molecule has 0 amide bonds. The van der Waals surface area contributed by atoms with Crippen LogP contribution in [0.4, 0.5) is 0 Å². The second-order valence-corrected chi connectivity index (χ2v) is 6.23. The molecule has 2 unspecified atom stereocenters. The van der Waals surface area contributed by atoms with Crippen molar-refractivity contribution in [1.29, 1.82) is 0 Å². The summed E-state index contributed by atoms with van der Waals surface area (Å²) in [7, 11) is 0. The first kappa shape index (κ1) is 17.2. The van der Waals surface area contributed by atoms with Gasteiger partial charge < -0.3 is 9.47 Å². The summed E-state index contributed by atoms with van der Waals surface area (Å²) in [6.45, 7) is 3.70. The highest BCUT2D eigenvalue weighted by Gasteiger charge is 2.28. The number of aromatic amines is 1. The van der Waals surface area contributed by atoms with Crippen molar-refractivity contribution in [2.75, 3.05) is 6.61 Å². The molecule has 7 heteroatoms. The predicted octanol–water partition coefficient (Wildman–Crippen LogP) is 1.69. The number of carbonyl (C=O) groups excluding carboxylic acids is 1. The molecule has 1 N–H and O–H groups in total. The molecule has 0 spiro atoms. The van der Waals surface area contributed by atoms with Crippen LogP contribution in [0.15, 0.2) is 40.1 Å². The summed E-state index contributed by atoms with van der Waals surface area (Å²) in [4.78, 5) is 37.6. The summed E-state index contributed by atoms with van der Waals surface area (Å²) >= 11 is 0.